The summed E-state index contributed by atoms with van der Waals surface area (Å²) in [5.41, 5.74) is 6.56. The number of hydrogen-bond donors (Lipinski definition) is 0. The van der Waals surface area contributed by atoms with Gasteiger partial charge >= 0.3 is 26.2 Å². The summed E-state index contributed by atoms with van der Waals surface area (Å²) < 4.78 is 0. The summed E-state index contributed by atoms with van der Waals surface area (Å²) in [7, 11) is 0. The molecule has 3 aromatic carbocycles. The van der Waals surface area contributed by atoms with Crippen LogP contribution in [-0.2, 0) is 38.0 Å². The third kappa shape index (κ3) is 5.08. The minimum absolute atomic E-state index is 0. The van der Waals surface area contributed by atoms with Gasteiger partial charge in [-0.25, -0.2) is 0 Å². The molecule has 4 fully saturated rings. The third-order valence-corrected chi connectivity index (χ3v) is 8.62. The number of fused-ring (bicyclic) bond motifs is 1. The maximum Gasteiger partial charge on any atom is 3.00 e. The second-order valence-electron chi connectivity index (χ2n) is 12.1. The second kappa shape index (κ2) is 9.87. The molecule has 0 nitrogen and oxygen atoms in total. The number of benzene rings is 2. The van der Waals surface area contributed by atoms with Crippen molar-refractivity contribution < 1.29 is 51.0 Å². The van der Waals surface area contributed by atoms with E-state index in [2.05, 4.69) is 75.4 Å². The van der Waals surface area contributed by atoms with Crippen molar-refractivity contribution in [3.63, 3.8) is 0 Å². The first-order valence-corrected chi connectivity index (χ1v) is 12.2. The fourth-order valence-corrected chi connectivity index (χ4v) is 7.74. The molecular weight excluding hydrogens is 522 g/mol. The van der Waals surface area contributed by atoms with Crippen LogP contribution in [0.5, 0.6) is 0 Å². The van der Waals surface area contributed by atoms with Crippen LogP contribution in [0.4, 0.5) is 0 Å². The monoisotopic (exact) mass is 555 g/mol. The van der Waals surface area contributed by atoms with Crippen LogP contribution < -0.4 is 24.8 Å². The maximum absolute atomic E-state index is 2.53. The summed E-state index contributed by atoms with van der Waals surface area (Å²) in [6.07, 6.45) is 10.4. The van der Waals surface area contributed by atoms with Crippen molar-refractivity contribution in [2.24, 2.45) is 23.2 Å². The first-order valence-electron chi connectivity index (χ1n) is 12.2. The Labute approximate surface area is 231 Å². The molecule has 0 N–H and O–H groups in total. The minimum Gasteiger partial charge on any atom is -1.00 e. The van der Waals surface area contributed by atoms with Crippen LogP contribution in [0.1, 0.15) is 70.4 Å². The zero-order valence-corrected chi connectivity index (χ0v) is 24.1. The van der Waals surface area contributed by atoms with Crippen LogP contribution >= 0.6 is 0 Å². The van der Waals surface area contributed by atoms with E-state index in [1.807, 2.05) is 0 Å². The summed E-state index contributed by atoms with van der Waals surface area (Å²) in [4.78, 5) is 0. The van der Waals surface area contributed by atoms with E-state index in [0.29, 0.717) is 5.41 Å². The fourth-order valence-electron chi connectivity index (χ4n) is 7.74. The molecule has 0 aliphatic heterocycles. The molecule has 0 spiro atoms. The van der Waals surface area contributed by atoms with Gasteiger partial charge < -0.3 is 24.8 Å². The Morgan fingerprint density at radius 1 is 0.848 bits per heavy atom. The average molecular weight is 558 g/mol. The second-order valence-corrected chi connectivity index (χ2v) is 12.1. The molecule has 3 heteroatoms. The molecule has 4 bridgehead atoms. The van der Waals surface area contributed by atoms with E-state index in [0.717, 1.165) is 17.8 Å². The summed E-state index contributed by atoms with van der Waals surface area (Å²) in [5.74, 6) is 3.12. The van der Waals surface area contributed by atoms with Gasteiger partial charge in [0.15, 0.2) is 0 Å². The third-order valence-electron chi connectivity index (χ3n) is 8.62. The molecule has 0 atom stereocenters. The van der Waals surface area contributed by atoms with Crippen molar-refractivity contribution in [1.82, 2.24) is 0 Å². The van der Waals surface area contributed by atoms with Crippen molar-refractivity contribution >= 4 is 10.8 Å². The van der Waals surface area contributed by atoms with Gasteiger partial charge in [0.05, 0.1) is 0 Å². The van der Waals surface area contributed by atoms with Gasteiger partial charge in [0.2, 0.25) is 0 Å². The Hall–Kier alpha value is -0.487. The van der Waals surface area contributed by atoms with Crippen LogP contribution in [0, 0.1) is 23.2 Å². The van der Waals surface area contributed by atoms with E-state index in [1.165, 1.54) is 72.4 Å². The van der Waals surface area contributed by atoms with E-state index >= 15 is 0 Å². The number of halogens is 2. The smallest absolute Gasteiger partial charge is 1.00 e. The summed E-state index contributed by atoms with van der Waals surface area (Å²) in [6.45, 7) is 6.87. The normalized spacial score (nSPS) is 27.5. The Morgan fingerprint density at radius 3 is 1.97 bits per heavy atom. The van der Waals surface area contributed by atoms with Crippen molar-refractivity contribution in [3.8, 4) is 11.1 Å². The van der Waals surface area contributed by atoms with Crippen molar-refractivity contribution in [2.45, 2.75) is 71.1 Å². The van der Waals surface area contributed by atoms with Crippen LogP contribution in [0.15, 0.2) is 54.6 Å². The van der Waals surface area contributed by atoms with Gasteiger partial charge in [-0.1, -0.05) is 56.7 Å². The van der Waals surface area contributed by atoms with Gasteiger partial charge in [-0.05, 0) is 84.7 Å². The SMILES string of the molecule is CC(C)(C)c1ccc(-c2cccc3[cH-]c(CC45CC6CC(CC(C6)C4)C5)cc23)cc1.[Cl-].[Cl-].[Zr+3]. The topological polar surface area (TPSA) is 0 Å². The molecule has 0 heterocycles. The van der Waals surface area contributed by atoms with E-state index in [9.17, 15) is 0 Å². The molecule has 7 rings (SSSR count). The quantitative estimate of drug-likeness (QED) is 0.434. The maximum atomic E-state index is 2.53. The predicted octanol–water partition coefficient (Wildman–Crippen LogP) is 2.29. The number of rotatable bonds is 3. The van der Waals surface area contributed by atoms with Gasteiger partial charge in [0, 0.05) is 0 Å². The average Bonchev–Trinajstić information content (AvgIpc) is 3.08. The largest absolute Gasteiger partial charge is 3.00 e. The Bertz CT molecular complexity index is 1050. The van der Waals surface area contributed by atoms with Gasteiger partial charge in [-0.2, -0.15) is 6.07 Å². The molecule has 3 aromatic rings. The van der Waals surface area contributed by atoms with Crippen LogP contribution in [0.25, 0.3) is 21.9 Å². The van der Waals surface area contributed by atoms with Crippen molar-refractivity contribution in [3.05, 3.63) is 65.7 Å². The molecule has 1 radical (unpaired) electrons. The molecule has 0 unspecified atom stereocenters. The first-order chi connectivity index (χ1) is 14.4. The van der Waals surface area contributed by atoms with Crippen LogP contribution in [-0.4, -0.2) is 0 Å². The van der Waals surface area contributed by atoms with E-state index in [1.54, 1.807) is 5.56 Å². The van der Waals surface area contributed by atoms with E-state index < -0.39 is 0 Å². The molecule has 173 valence electrons. The molecule has 4 saturated carbocycles. The zero-order chi connectivity index (χ0) is 20.5. The molecule has 0 aromatic heterocycles. The van der Waals surface area contributed by atoms with Crippen LogP contribution in [0.3, 0.4) is 0 Å². The number of hydrogen-bond acceptors (Lipinski definition) is 0. The zero-order valence-electron chi connectivity index (χ0n) is 20.1. The standard InChI is InChI=1S/C30H35.2ClH.Zr/c1-29(2,3)26-9-7-24(8-10-26)27-6-4-5-25-14-23(15-28(25)27)19-30-16-20-11-21(17-30)13-22(12-20)18-30;;;/h4-10,14-15,20-22H,11-13,16-19H2,1-3H3;2*1H;/q-1;;;+3/p-2. The van der Waals surface area contributed by atoms with Gasteiger partial charge in [-0.3, -0.25) is 0 Å². The molecule has 4 aliphatic carbocycles. The minimum atomic E-state index is 0. The molecule has 0 saturated heterocycles. The summed E-state index contributed by atoms with van der Waals surface area (Å²) >= 11 is 0. The molecule has 0 amide bonds. The molecular formula is C30H35Cl2Zr. The van der Waals surface area contributed by atoms with E-state index in [-0.39, 0.29) is 56.4 Å². The molecule has 33 heavy (non-hydrogen) atoms. The van der Waals surface area contributed by atoms with Gasteiger partial charge in [0.1, 0.15) is 0 Å². The Balaban J connectivity index is 0.00000102. The van der Waals surface area contributed by atoms with Crippen LogP contribution in [0.2, 0.25) is 0 Å². The first kappa shape index (κ1) is 27.1. The van der Waals surface area contributed by atoms with Gasteiger partial charge in [0.25, 0.3) is 0 Å². The van der Waals surface area contributed by atoms with Gasteiger partial charge in [-0.15, -0.1) is 34.5 Å². The Morgan fingerprint density at radius 2 is 1.42 bits per heavy atom. The fraction of sp³-hybridized carbons (Fsp3) is 0.500. The van der Waals surface area contributed by atoms with Crippen molar-refractivity contribution in [1.29, 1.82) is 0 Å². The Kier molecular flexibility index (Phi) is 8.11. The predicted molar refractivity (Wildman–Crippen MR) is 128 cm³/mol. The van der Waals surface area contributed by atoms with Crippen molar-refractivity contribution in [2.75, 3.05) is 0 Å². The molecule has 4 aliphatic rings. The van der Waals surface area contributed by atoms with E-state index in [4.69, 9.17) is 0 Å². The summed E-state index contributed by atoms with van der Waals surface area (Å²) in [5, 5.41) is 2.87. The summed E-state index contributed by atoms with van der Waals surface area (Å²) in [6, 6.07) is 21.2.